The average molecular weight is 475 g/mol. The molecular formula is C36H28N+. The van der Waals surface area contributed by atoms with E-state index in [1.807, 2.05) is 0 Å². The Labute approximate surface area is 217 Å². The zero-order valence-corrected chi connectivity index (χ0v) is 21.2. The molecule has 176 valence electrons. The zero-order chi connectivity index (χ0) is 24.7. The van der Waals surface area contributed by atoms with Crippen LogP contribution in [0, 0.1) is 6.92 Å². The van der Waals surface area contributed by atoms with Gasteiger partial charge in [0.1, 0.15) is 7.05 Å². The predicted octanol–water partition coefficient (Wildman–Crippen LogP) is 6.11. The van der Waals surface area contributed by atoms with E-state index in [0.717, 1.165) is 6.42 Å². The Balaban J connectivity index is 1.32. The Morgan fingerprint density at radius 3 is 1.92 bits per heavy atom. The van der Waals surface area contributed by atoms with Crippen LogP contribution >= 0.6 is 0 Å². The summed E-state index contributed by atoms with van der Waals surface area (Å²) in [5, 5.41) is 2.81. The number of nitrogens with zero attached hydrogens (tertiary/aromatic N) is 1. The lowest BCUT2D eigenvalue weighted by atomic mass is 9.60. The second kappa shape index (κ2) is 7.63. The van der Waals surface area contributed by atoms with Gasteiger partial charge in [0.15, 0.2) is 6.20 Å². The van der Waals surface area contributed by atoms with Crippen molar-refractivity contribution >= 4 is 12.2 Å². The van der Waals surface area contributed by atoms with Gasteiger partial charge in [-0.15, -0.1) is 0 Å². The molecule has 0 saturated heterocycles. The highest BCUT2D eigenvalue weighted by Gasteiger charge is 2.41. The number of hydrogen-bond donors (Lipinski definition) is 0. The van der Waals surface area contributed by atoms with Crippen LogP contribution in [0.1, 0.15) is 57.2 Å². The lowest BCUT2D eigenvalue weighted by Gasteiger charge is -2.42. The number of aromatic nitrogens is 1. The largest absolute Gasteiger partial charge is 0.213 e. The van der Waals surface area contributed by atoms with Gasteiger partial charge in [-0.05, 0) is 86.0 Å². The summed E-state index contributed by atoms with van der Waals surface area (Å²) in [4.78, 5) is 0. The normalized spacial score (nSPS) is 17.8. The van der Waals surface area contributed by atoms with Gasteiger partial charge in [-0.1, -0.05) is 78.9 Å². The van der Waals surface area contributed by atoms with Gasteiger partial charge in [-0.25, -0.2) is 4.57 Å². The first-order chi connectivity index (χ1) is 18.2. The Morgan fingerprint density at radius 2 is 1.19 bits per heavy atom. The molecule has 0 radical (unpaired) electrons. The molecule has 1 heteroatoms. The highest BCUT2D eigenvalue weighted by molar-refractivity contribution is 5.75. The van der Waals surface area contributed by atoms with Gasteiger partial charge >= 0.3 is 0 Å². The first-order valence-electron chi connectivity index (χ1n) is 13.3. The third kappa shape index (κ3) is 2.95. The molecule has 1 nitrogen and oxygen atoms in total. The maximum Gasteiger partial charge on any atom is 0.213 e. The molecule has 4 aromatic carbocycles. The number of pyridine rings is 1. The van der Waals surface area contributed by atoms with Gasteiger partial charge in [0.25, 0.3) is 0 Å². The summed E-state index contributed by atoms with van der Waals surface area (Å²) >= 11 is 0. The van der Waals surface area contributed by atoms with E-state index >= 15 is 0 Å². The number of benzene rings is 4. The van der Waals surface area contributed by atoms with Crippen molar-refractivity contribution in [2.45, 2.75) is 25.2 Å². The quantitative estimate of drug-likeness (QED) is 0.266. The summed E-state index contributed by atoms with van der Waals surface area (Å²) in [7, 11) is 2.14. The van der Waals surface area contributed by atoms with Crippen LogP contribution in [-0.4, -0.2) is 0 Å². The molecule has 4 aliphatic rings. The zero-order valence-electron chi connectivity index (χ0n) is 21.2. The van der Waals surface area contributed by atoms with Crippen molar-refractivity contribution in [1.82, 2.24) is 0 Å². The summed E-state index contributed by atoms with van der Waals surface area (Å²) in [6, 6.07) is 34.6. The van der Waals surface area contributed by atoms with Crippen LogP contribution in [0.3, 0.4) is 0 Å². The molecule has 2 unspecified atom stereocenters. The number of aryl methyl sites for hydroxylation is 2. The molecule has 1 heterocycles. The van der Waals surface area contributed by atoms with E-state index in [4.69, 9.17) is 0 Å². The molecular weight excluding hydrogens is 446 g/mol. The van der Waals surface area contributed by atoms with Crippen LogP contribution < -0.4 is 15.0 Å². The Morgan fingerprint density at radius 1 is 0.595 bits per heavy atom. The first-order valence-corrected chi connectivity index (χ1v) is 13.3. The van der Waals surface area contributed by atoms with E-state index in [9.17, 15) is 0 Å². The Bertz CT molecular complexity index is 1890. The average Bonchev–Trinajstić information content (AvgIpc) is 3.39. The standard InChI is InChI=1S/C36H28N/c1-22-8-3-4-11-27(22)34-21-26(16-17-37(34)2)25-14-15-30-31(20-25)36-29-13-6-5-12-28(29)35(30)32-18-23-9-7-10-24(23)19-33(32)36/h3-6,8-21,35-36H,7H2,1-2H3/q+1. The molecule has 0 N–H and O–H groups in total. The van der Waals surface area contributed by atoms with Crippen LogP contribution in [-0.2, 0) is 7.05 Å². The van der Waals surface area contributed by atoms with E-state index in [-0.39, 0.29) is 0 Å². The van der Waals surface area contributed by atoms with Gasteiger partial charge in [-0.3, -0.25) is 0 Å². The van der Waals surface area contributed by atoms with Crippen molar-refractivity contribution in [3.05, 3.63) is 147 Å². The maximum absolute atomic E-state index is 2.48. The summed E-state index contributed by atoms with van der Waals surface area (Å²) in [5.74, 6) is 0.608. The summed E-state index contributed by atoms with van der Waals surface area (Å²) < 4.78 is 2.23. The molecule has 5 aromatic rings. The minimum Gasteiger partial charge on any atom is -0.201 e. The van der Waals surface area contributed by atoms with Crippen molar-refractivity contribution in [1.29, 1.82) is 0 Å². The number of rotatable bonds is 2. The number of fused-ring (bicyclic) bond motifs is 1. The summed E-state index contributed by atoms with van der Waals surface area (Å²) in [6.07, 6.45) is 7.99. The second-order valence-corrected chi connectivity index (χ2v) is 10.8. The van der Waals surface area contributed by atoms with E-state index < -0.39 is 0 Å². The molecule has 9 rings (SSSR count). The first kappa shape index (κ1) is 20.9. The van der Waals surface area contributed by atoms with Crippen LogP contribution in [0.5, 0.6) is 0 Å². The van der Waals surface area contributed by atoms with Crippen molar-refractivity contribution in [2.75, 3.05) is 0 Å². The number of hydrogen-bond acceptors (Lipinski definition) is 0. The van der Waals surface area contributed by atoms with Crippen molar-refractivity contribution in [2.24, 2.45) is 7.05 Å². The molecule has 0 spiro atoms. The molecule has 0 saturated carbocycles. The fraction of sp³-hybridized carbons (Fsp3) is 0.139. The van der Waals surface area contributed by atoms with E-state index in [1.165, 1.54) is 71.8 Å². The van der Waals surface area contributed by atoms with Crippen LogP contribution in [0.4, 0.5) is 0 Å². The smallest absolute Gasteiger partial charge is 0.201 e. The third-order valence-corrected chi connectivity index (χ3v) is 8.82. The molecule has 37 heavy (non-hydrogen) atoms. The fourth-order valence-electron chi connectivity index (χ4n) is 7.02. The minimum atomic E-state index is 0.293. The van der Waals surface area contributed by atoms with Gasteiger partial charge < -0.3 is 0 Å². The predicted molar refractivity (Wildman–Crippen MR) is 151 cm³/mol. The molecule has 0 amide bonds. The van der Waals surface area contributed by atoms with Crippen molar-refractivity contribution in [3.8, 4) is 22.4 Å². The molecule has 2 bridgehead atoms. The monoisotopic (exact) mass is 474 g/mol. The molecule has 4 aliphatic carbocycles. The van der Waals surface area contributed by atoms with Gasteiger partial charge in [0.2, 0.25) is 5.69 Å². The lowest BCUT2D eigenvalue weighted by Crippen LogP contribution is -2.33. The van der Waals surface area contributed by atoms with Crippen molar-refractivity contribution in [3.63, 3.8) is 0 Å². The summed E-state index contributed by atoms with van der Waals surface area (Å²) in [6.45, 7) is 2.19. The van der Waals surface area contributed by atoms with Crippen LogP contribution in [0.25, 0.3) is 34.5 Å². The van der Waals surface area contributed by atoms with Crippen LogP contribution in [0.15, 0.2) is 97.2 Å². The molecule has 0 aliphatic heterocycles. The van der Waals surface area contributed by atoms with E-state index in [0.29, 0.717) is 11.8 Å². The molecule has 2 atom stereocenters. The van der Waals surface area contributed by atoms with Gasteiger partial charge in [0, 0.05) is 29.5 Å². The highest BCUT2D eigenvalue weighted by Crippen LogP contribution is 2.55. The summed E-state index contributed by atoms with van der Waals surface area (Å²) in [5.41, 5.74) is 15.3. The van der Waals surface area contributed by atoms with Gasteiger partial charge in [-0.2, -0.15) is 0 Å². The van der Waals surface area contributed by atoms with E-state index in [2.05, 4.69) is 128 Å². The van der Waals surface area contributed by atoms with Crippen molar-refractivity contribution < 1.29 is 4.57 Å². The third-order valence-electron chi connectivity index (χ3n) is 8.82. The topological polar surface area (TPSA) is 3.88 Å². The minimum absolute atomic E-state index is 0.293. The van der Waals surface area contributed by atoms with Gasteiger partial charge in [0.05, 0.1) is 0 Å². The highest BCUT2D eigenvalue weighted by atomic mass is 14.9. The lowest BCUT2D eigenvalue weighted by molar-refractivity contribution is -0.660. The molecule has 1 aromatic heterocycles. The second-order valence-electron chi connectivity index (χ2n) is 10.8. The Hall–Kier alpha value is -4.23. The van der Waals surface area contributed by atoms with E-state index in [1.54, 1.807) is 0 Å². The Kier molecular flexibility index (Phi) is 4.31. The SMILES string of the molecule is Cc1ccccc1-c1cc(-c2ccc3c(c2)C2c4ccccc4C3c3cc4c(cc32)=CCC=4)cc[n+]1C. The van der Waals surface area contributed by atoms with Crippen LogP contribution in [0.2, 0.25) is 0 Å². The maximum atomic E-state index is 2.48. The fourth-order valence-corrected chi connectivity index (χ4v) is 7.02. The molecule has 0 fully saturated rings.